The van der Waals surface area contributed by atoms with Gasteiger partial charge in [0.1, 0.15) is 5.52 Å². The van der Waals surface area contributed by atoms with E-state index in [0.29, 0.717) is 5.95 Å². The summed E-state index contributed by atoms with van der Waals surface area (Å²) in [5.41, 5.74) is 9.58. The summed E-state index contributed by atoms with van der Waals surface area (Å²) >= 11 is 7.00. The van der Waals surface area contributed by atoms with Gasteiger partial charge in [-0.3, -0.25) is 4.57 Å². The van der Waals surface area contributed by atoms with Crippen LogP contribution in [0.2, 0.25) is 0 Å². The minimum absolute atomic E-state index is 0.453. The minimum atomic E-state index is 0.453. The molecule has 0 aliphatic carbocycles. The SMILES string of the molecule is Cc1nn(C)c2c1nc(N)n2-c1ccc(Br)cc1Br. The molecule has 0 amide bonds. The fourth-order valence-electron chi connectivity index (χ4n) is 2.19. The molecule has 0 spiro atoms. The molecule has 0 fully saturated rings. The van der Waals surface area contributed by atoms with Crippen LogP contribution in [0.25, 0.3) is 16.9 Å². The molecule has 7 heteroatoms. The first-order valence-corrected chi connectivity index (χ1v) is 7.20. The van der Waals surface area contributed by atoms with E-state index in [1.165, 1.54) is 0 Å². The molecule has 0 aliphatic heterocycles. The molecule has 3 rings (SSSR count). The summed E-state index contributed by atoms with van der Waals surface area (Å²) < 4.78 is 5.62. The number of halogens is 2. The van der Waals surface area contributed by atoms with Gasteiger partial charge in [-0.05, 0) is 41.1 Å². The average molecular weight is 385 g/mol. The lowest BCUT2D eigenvalue weighted by Crippen LogP contribution is -2.05. The lowest BCUT2D eigenvalue weighted by molar-refractivity contribution is 0.762. The molecule has 19 heavy (non-hydrogen) atoms. The predicted molar refractivity (Wildman–Crippen MR) is 82.4 cm³/mol. The Morgan fingerprint density at radius 3 is 2.68 bits per heavy atom. The average Bonchev–Trinajstić information content (AvgIpc) is 2.79. The van der Waals surface area contributed by atoms with Gasteiger partial charge >= 0.3 is 0 Å². The maximum Gasteiger partial charge on any atom is 0.207 e. The number of hydrogen-bond acceptors (Lipinski definition) is 3. The van der Waals surface area contributed by atoms with Crippen molar-refractivity contribution in [3.8, 4) is 5.69 Å². The van der Waals surface area contributed by atoms with Crippen molar-refractivity contribution in [2.45, 2.75) is 6.92 Å². The molecule has 3 aromatic rings. The van der Waals surface area contributed by atoms with Gasteiger partial charge in [-0.2, -0.15) is 5.10 Å². The number of imidazole rings is 1. The molecule has 0 bridgehead atoms. The normalized spacial score (nSPS) is 11.4. The second-order valence-electron chi connectivity index (χ2n) is 4.28. The third kappa shape index (κ3) is 1.88. The molecule has 0 atom stereocenters. The van der Waals surface area contributed by atoms with Crippen LogP contribution in [0.5, 0.6) is 0 Å². The molecule has 0 aliphatic rings. The Bertz CT molecular complexity index is 787. The summed E-state index contributed by atoms with van der Waals surface area (Å²) in [6.07, 6.45) is 0. The molecule has 2 aromatic heterocycles. The van der Waals surface area contributed by atoms with Crippen LogP contribution in [0.4, 0.5) is 5.95 Å². The van der Waals surface area contributed by atoms with Crippen molar-refractivity contribution in [2.75, 3.05) is 5.73 Å². The van der Waals surface area contributed by atoms with E-state index < -0.39 is 0 Å². The molecule has 0 unspecified atom stereocenters. The van der Waals surface area contributed by atoms with E-state index in [1.807, 2.05) is 36.7 Å². The number of aryl methyl sites for hydroxylation is 2. The predicted octanol–water partition coefficient (Wildman–Crippen LogP) is 3.17. The van der Waals surface area contributed by atoms with Crippen LogP contribution >= 0.6 is 31.9 Å². The van der Waals surface area contributed by atoms with Crippen LogP contribution in [0.3, 0.4) is 0 Å². The molecule has 5 nitrogen and oxygen atoms in total. The fraction of sp³-hybridized carbons (Fsp3) is 0.167. The standard InChI is InChI=1S/C12H11Br2N5/c1-6-10-11(18(2)17-6)19(12(15)16-10)9-4-3-7(13)5-8(9)14/h3-5H,1-2H3,(H2,15,16). The van der Waals surface area contributed by atoms with E-state index in [-0.39, 0.29) is 0 Å². The van der Waals surface area contributed by atoms with Gasteiger partial charge in [0.2, 0.25) is 5.95 Å². The molecule has 0 radical (unpaired) electrons. The number of rotatable bonds is 1. The Labute approximate surface area is 126 Å². The van der Waals surface area contributed by atoms with Crippen LogP contribution in [0, 0.1) is 6.92 Å². The van der Waals surface area contributed by atoms with Gasteiger partial charge in [0.05, 0.1) is 11.4 Å². The summed E-state index contributed by atoms with van der Waals surface area (Å²) in [5, 5.41) is 4.38. The molecule has 2 N–H and O–H groups in total. The van der Waals surface area contributed by atoms with Crippen LogP contribution in [0.15, 0.2) is 27.1 Å². The minimum Gasteiger partial charge on any atom is -0.369 e. The molecule has 0 saturated heterocycles. The van der Waals surface area contributed by atoms with E-state index >= 15 is 0 Å². The number of hydrogen-bond donors (Lipinski definition) is 1. The topological polar surface area (TPSA) is 61.7 Å². The molecule has 1 aromatic carbocycles. The van der Waals surface area contributed by atoms with Crippen molar-refractivity contribution in [3.63, 3.8) is 0 Å². The zero-order valence-corrected chi connectivity index (χ0v) is 13.5. The maximum atomic E-state index is 6.05. The summed E-state index contributed by atoms with van der Waals surface area (Å²) in [6, 6.07) is 5.92. The van der Waals surface area contributed by atoms with Crippen molar-refractivity contribution in [3.05, 3.63) is 32.8 Å². The largest absolute Gasteiger partial charge is 0.369 e. The monoisotopic (exact) mass is 383 g/mol. The van der Waals surface area contributed by atoms with Gasteiger partial charge in [-0.1, -0.05) is 15.9 Å². The first-order valence-electron chi connectivity index (χ1n) is 5.62. The Hall–Kier alpha value is -1.34. The molecule has 2 heterocycles. The van der Waals surface area contributed by atoms with Gasteiger partial charge in [0.15, 0.2) is 5.65 Å². The van der Waals surface area contributed by atoms with Crippen LogP contribution < -0.4 is 5.73 Å². The fourth-order valence-corrected chi connectivity index (χ4v) is 3.41. The van der Waals surface area contributed by atoms with E-state index in [1.54, 1.807) is 4.68 Å². The van der Waals surface area contributed by atoms with Gasteiger partial charge < -0.3 is 5.73 Å². The molecular formula is C12H11Br2N5. The van der Waals surface area contributed by atoms with E-state index in [2.05, 4.69) is 41.9 Å². The quantitative estimate of drug-likeness (QED) is 0.700. The number of fused-ring (bicyclic) bond motifs is 1. The smallest absolute Gasteiger partial charge is 0.207 e. The first-order chi connectivity index (χ1) is 8.99. The van der Waals surface area contributed by atoms with Gasteiger partial charge in [0, 0.05) is 16.0 Å². The van der Waals surface area contributed by atoms with Crippen LogP contribution in [-0.2, 0) is 7.05 Å². The number of aromatic nitrogens is 4. The third-order valence-electron chi connectivity index (χ3n) is 2.98. The lowest BCUT2D eigenvalue weighted by Gasteiger charge is -2.09. The van der Waals surface area contributed by atoms with E-state index in [0.717, 1.165) is 31.5 Å². The van der Waals surface area contributed by atoms with E-state index in [4.69, 9.17) is 5.73 Å². The second-order valence-corrected chi connectivity index (χ2v) is 6.05. The highest BCUT2D eigenvalue weighted by Crippen LogP contribution is 2.30. The zero-order chi connectivity index (χ0) is 13.7. The Morgan fingerprint density at radius 1 is 1.26 bits per heavy atom. The van der Waals surface area contributed by atoms with Gasteiger partial charge in [-0.15, -0.1) is 0 Å². The summed E-state index contributed by atoms with van der Waals surface area (Å²) in [7, 11) is 1.89. The van der Waals surface area contributed by atoms with Crippen molar-refractivity contribution >= 4 is 49.0 Å². The first kappa shape index (κ1) is 12.7. The van der Waals surface area contributed by atoms with Crippen LogP contribution in [-0.4, -0.2) is 19.3 Å². The van der Waals surface area contributed by atoms with Crippen molar-refractivity contribution in [2.24, 2.45) is 7.05 Å². The number of anilines is 1. The number of nitrogen functional groups attached to an aromatic ring is 1. The molecule has 98 valence electrons. The summed E-state index contributed by atoms with van der Waals surface area (Å²) in [4.78, 5) is 4.40. The summed E-state index contributed by atoms with van der Waals surface area (Å²) in [5.74, 6) is 0.453. The number of nitrogens with zero attached hydrogens (tertiary/aromatic N) is 4. The van der Waals surface area contributed by atoms with E-state index in [9.17, 15) is 0 Å². The molecule has 0 saturated carbocycles. The van der Waals surface area contributed by atoms with Crippen LogP contribution in [0.1, 0.15) is 5.69 Å². The van der Waals surface area contributed by atoms with Gasteiger partial charge in [0.25, 0.3) is 0 Å². The highest BCUT2D eigenvalue weighted by Gasteiger charge is 2.18. The Morgan fingerprint density at radius 2 is 2.00 bits per heavy atom. The number of nitrogens with two attached hydrogens (primary N) is 1. The Balaban J connectivity index is 2.38. The molecular weight excluding hydrogens is 374 g/mol. The van der Waals surface area contributed by atoms with Crippen molar-refractivity contribution < 1.29 is 0 Å². The zero-order valence-electron chi connectivity index (χ0n) is 10.4. The third-order valence-corrected chi connectivity index (χ3v) is 4.11. The second kappa shape index (κ2) is 4.35. The lowest BCUT2D eigenvalue weighted by atomic mass is 10.3. The maximum absolute atomic E-state index is 6.05. The van der Waals surface area contributed by atoms with Crippen molar-refractivity contribution in [1.82, 2.24) is 19.3 Å². The van der Waals surface area contributed by atoms with Gasteiger partial charge in [-0.25, -0.2) is 9.67 Å². The highest BCUT2D eigenvalue weighted by molar-refractivity contribution is 9.11. The number of benzene rings is 1. The summed E-state index contributed by atoms with van der Waals surface area (Å²) in [6.45, 7) is 1.93. The Kier molecular flexibility index (Phi) is 2.90. The highest BCUT2D eigenvalue weighted by atomic mass is 79.9. The van der Waals surface area contributed by atoms with Crippen molar-refractivity contribution in [1.29, 1.82) is 0 Å².